The zero-order chi connectivity index (χ0) is 13.5. The number of ether oxygens (including phenoxy) is 1. The van der Waals surface area contributed by atoms with Crippen LogP contribution in [0.1, 0.15) is 22.8 Å². The molecule has 1 aliphatic rings. The molecule has 6 nitrogen and oxygen atoms in total. The van der Waals surface area contributed by atoms with Crippen LogP contribution >= 0.6 is 0 Å². The van der Waals surface area contributed by atoms with E-state index in [0.29, 0.717) is 12.0 Å². The third-order valence-corrected chi connectivity index (χ3v) is 3.20. The molecule has 2 N–H and O–H groups in total. The van der Waals surface area contributed by atoms with Crippen LogP contribution in [0.25, 0.3) is 0 Å². The number of carboxylic acid groups (broad SMARTS) is 1. The highest BCUT2D eigenvalue weighted by Gasteiger charge is 2.37. The van der Waals surface area contributed by atoms with E-state index in [9.17, 15) is 19.9 Å². The van der Waals surface area contributed by atoms with Crippen LogP contribution in [0.5, 0.6) is 11.5 Å². The molecule has 7 heteroatoms. The molecule has 0 unspecified atom stereocenters. The van der Waals surface area contributed by atoms with Crippen molar-refractivity contribution >= 4 is 12.7 Å². The summed E-state index contributed by atoms with van der Waals surface area (Å²) in [6, 6.07) is 3.14. The fraction of sp³-hybridized carbons (Fsp3) is 0.364. The molecule has 0 aliphatic carbocycles. The second-order valence-electron chi connectivity index (χ2n) is 4.48. The molecule has 0 amide bonds. The summed E-state index contributed by atoms with van der Waals surface area (Å²) in [5.74, 6) is -2.02. The van der Waals surface area contributed by atoms with Gasteiger partial charge in [-0.15, -0.1) is 0 Å². The molecule has 2 rings (SSSR count). The van der Waals surface area contributed by atoms with E-state index in [0.717, 1.165) is 0 Å². The molecular weight excluding hydrogens is 239 g/mol. The van der Waals surface area contributed by atoms with Crippen LogP contribution in [-0.4, -0.2) is 29.9 Å². The van der Waals surface area contributed by atoms with Crippen LogP contribution in [-0.2, 0) is 6.42 Å². The van der Waals surface area contributed by atoms with Crippen molar-refractivity contribution < 1.29 is 29.3 Å². The highest BCUT2D eigenvalue weighted by Crippen LogP contribution is 2.40. The lowest BCUT2D eigenvalue weighted by atomic mass is 9.60. The summed E-state index contributed by atoms with van der Waals surface area (Å²) in [6.45, 7) is -1.46. The molecule has 0 radical (unpaired) electrons. The first-order valence-electron chi connectivity index (χ1n) is 5.56. The lowest BCUT2D eigenvalue weighted by molar-refractivity contribution is -0.255. The van der Waals surface area contributed by atoms with Gasteiger partial charge in [0.2, 0.25) is 0 Å². The summed E-state index contributed by atoms with van der Waals surface area (Å²) in [4.78, 5) is 11.1. The molecule has 1 aliphatic heterocycles. The van der Waals surface area contributed by atoms with Crippen molar-refractivity contribution in [2.75, 3.05) is 7.11 Å². The molecule has 0 bridgehead atoms. The van der Waals surface area contributed by atoms with Gasteiger partial charge in [-0.2, -0.15) is 0 Å². The van der Waals surface area contributed by atoms with Gasteiger partial charge >= 0.3 is 6.75 Å². The predicted octanol–water partition coefficient (Wildman–Crippen LogP) is -0.693. The Morgan fingerprint density at radius 1 is 1.56 bits per heavy atom. The smallest absolute Gasteiger partial charge is 0.433 e. The predicted molar refractivity (Wildman–Crippen MR) is 61.3 cm³/mol. The van der Waals surface area contributed by atoms with Crippen LogP contribution in [0.3, 0.4) is 0 Å². The highest BCUT2D eigenvalue weighted by atomic mass is 16.6. The van der Waals surface area contributed by atoms with Gasteiger partial charge in [-0.1, -0.05) is 18.8 Å². The van der Waals surface area contributed by atoms with Gasteiger partial charge < -0.3 is 29.3 Å². The van der Waals surface area contributed by atoms with Crippen molar-refractivity contribution in [2.24, 2.45) is 0 Å². The van der Waals surface area contributed by atoms with Crippen LogP contribution in [0.2, 0.25) is 5.82 Å². The molecule has 0 aromatic heterocycles. The number of carboxylic acids is 1. The Morgan fingerprint density at radius 3 is 2.78 bits per heavy atom. The molecule has 0 saturated carbocycles. The Labute approximate surface area is 104 Å². The van der Waals surface area contributed by atoms with E-state index in [2.05, 4.69) is 0 Å². The van der Waals surface area contributed by atoms with Crippen molar-refractivity contribution in [3.05, 3.63) is 23.3 Å². The minimum Gasteiger partial charge on any atom is -0.669 e. The summed E-state index contributed by atoms with van der Waals surface area (Å²) in [5.41, 5.74) is 0.291. The van der Waals surface area contributed by atoms with Crippen LogP contribution < -0.4 is 14.5 Å². The monoisotopic (exact) mass is 252 g/mol. The standard InChI is InChI=1S/C11H14BO6/c1-6-5-7-3-4-8(17-2)9(11(13)14)10(7)18-12(6,15)16/h3-4,6,15-16H,5H2,1-2H3,(H,13,14)/q-1/p-1/t6-/m0/s1. The molecule has 18 heavy (non-hydrogen) atoms. The maximum atomic E-state index is 11.1. The Hall–Kier alpha value is -1.73. The third kappa shape index (κ3) is 1.91. The van der Waals surface area contributed by atoms with E-state index in [1.165, 1.54) is 13.2 Å². The Morgan fingerprint density at radius 2 is 2.22 bits per heavy atom. The molecule has 1 atom stereocenters. The topological polar surface area (TPSA) is 99.1 Å². The normalized spacial score (nSPS) is 20.8. The molecule has 0 saturated heterocycles. The quantitative estimate of drug-likeness (QED) is 0.675. The van der Waals surface area contributed by atoms with Gasteiger partial charge in [-0.05, 0) is 18.1 Å². The van der Waals surface area contributed by atoms with E-state index in [4.69, 9.17) is 9.39 Å². The van der Waals surface area contributed by atoms with Gasteiger partial charge in [0.05, 0.1) is 24.4 Å². The number of hydrogen-bond donors (Lipinski definition) is 2. The summed E-state index contributed by atoms with van der Waals surface area (Å²) >= 11 is 0. The Kier molecular flexibility index (Phi) is 2.96. The minimum absolute atomic E-state index is 0.0647. The second kappa shape index (κ2) is 4.18. The Bertz CT molecular complexity index is 499. The number of carbonyl (C=O) groups excluding carboxylic acids is 1. The third-order valence-electron chi connectivity index (χ3n) is 3.20. The molecule has 0 fully saturated rings. The summed E-state index contributed by atoms with van der Waals surface area (Å²) in [7, 11) is 1.32. The Balaban J connectivity index is 2.61. The van der Waals surface area contributed by atoms with E-state index < -0.39 is 18.5 Å². The van der Waals surface area contributed by atoms with E-state index in [1.807, 2.05) is 0 Å². The largest absolute Gasteiger partial charge is 0.669 e. The lowest BCUT2D eigenvalue weighted by Crippen LogP contribution is -2.50. The highest BCUT2D eigenvalue weighted by molar-refractivity contribution is 6.60. The average molecular weight is 252 g/mol. The number of benzene rings is 1. The van der Waals surface area contributed by atoms with Gasteiger partial charge in [0.25, 0.3) is 0 Å². The first-order valence-corrected chi connectivity index (χ1v) is 5.56. The molecule has 1 aromatic rings. The number of carbonyl (C=O) groups is 1. The summed E-state index contributed by atoms with van der Waals surface area (Å²) < 4.78 is 9.95. The fourth-order valence-electron chi connectivity index (χ4n) is 2.06. The van der Waals surface area contributed by atoms with Gasteiger partial charge in [-0.3, -0.25) is 0 Å². The number of rotatable bonds is 2. The van der Waals surface area contributed by atoms with E-state index in [1.54, 1.807) is 13.0 Å². The van der Waals surface area contributed by atoms with Crippen molar-refractivity contribution in [2.45, 2.75) is 19.2 Å². The first kappa shape index (κ1) is 12.7. The van der Waals surface area contributed by atoms with Gasteiger partial charge in [-0.25, -0.2) is 0 Å². The minimum atomic E-state index is -3.08. The summed E-state index contributed by atoms with van der Waals surface area (Å²) in [6.07, 6.45) is 0.312. The van der Waals surface area contributed by atoms with Crippen molar-refractivity contribution in [1.29, 1.82) is 0 Å². The van der Waals surface area contributed by atoms with Gasteiger partial charge in [0.15, 0.2) is 0 Å². The van der Waals surface area contributed by atoms with Crippen molar-refractivity contribution in [3.63, 3.8) is 0 Å². The van der Waals surface area contributed by atoms with Gasteiger partial charge in [0, 0.05) is 0 Å². The maximum Gasteiger partial charge on any atom is 0.433 e. The van der Waals surface area contributed by atoms with Crippen LogP contribution in [0, 0.1) is 0 Å². The van der Waals surface area contributed by atoms with Crippen molar-refractivity contribution in [3.8, 4) is 11.5 Å². The van der Waals surface area contributed by atoms with Crippen molar-refractivity contribution in [1.82, 2.24) is 0 Å². The summed E-state index contributed by atoms with van der Waals surface area (Å²) in [5, 5.41) is 30.5. The molecule has 1 aromatic carbocycles. The van der Waals surface area contributed by atoms with Crippen LogP contribution in [0.4, 0.5) is 0 Å². The first-order chi connectivity index (χ1) is 8.36. The number of methoxy groups -OCH3 is 1. The van der Waals surface area contributed by atoms with Crippen LogP contribution in [0.15, 0.2) is 12.1 Å². The van der Waals surface area contributed by atoms with E-state index >= 15 is 0 Å². The van der Waals surface area contributed by atoms with Gasteiger partial charge in [0.1, 0.15) is 5.75 Å². The molecule has 1 heterocycles. The number of aromatic carboxylic acids is 1. The average Bonchev–Trinajstić information content (AvgIpc) is 2.28. The molecular formula is C11H13BO6-2. The zero-order valence-corrected chi connectivity index (χ0v) is 10.0. The molecule has 0 spiro atoms. The lowest BCUT2D eigenvalue weighted by Gasteiger charge is -2.42. The number of fused-ring (bicyclic) bond motifs is 1. The zero-order valence-electron chi connectivity index (χ0n) is 10.0. The second-order valence-corrected chi connectivity index (χ2v) is 4.48. The SMILES string of the molecule is COc1ccc2c(c1C(=O)[O-])O[B-](O)(O)[C@@H](C)C2. The maximum absolute atomic E-state index is 11.1. The molecule has 98 valence electrons. The fourth-order valence-corrected chi connectivity index (χ4v) is 2.06. The number of hydrogen-bond acceptors (Lipinski definition) is 6. The van der Waals surface area contributed by atoms with E-state index in [-0.39, 0.29) is 17.1 Å².